The maximum absolute atomic E-state index is 14.0. The van der Waals surface area contributed by atoms with E-state index in [1.807, 2.05) is 20.0 Å². The molecule has 305 valence electrons. The molecule has 2 aliphatic carbocycles. The van der Waals surface area contributed by atoms with Crippen LogP contribution in [0.15, 0.2) is 71.8 Å². The summed E-state index contributed by atoms with van der Waals surface area (Å²) in [7, 11) is 16.6. The van der Waals surface area contributed by atoms with Gasteiger partial charge in [-0.05, 0) is 0 Å². The number of benzene rings is 4. The van der Waals surface area contributed by atoms with Crippen LogP contribution in [0, 0.1) is 13.8 Å². The van der Waals surface area contributed by atoms with Crippen LogP contribution in [0.1, 0.15) is 83.2 Å². The van der Waals surface area contributed by atoms with E-state index in [1.54, 1.807) is 45.1 Å². The van der Waals surface area contributed by atoms with Crippen molar-refractivity contribution in [3.05, 3.63) is 127 Å². The van der Waals surface area contributed by atoms with Crippen molar-refractivity contribution in [2.45, 2.75) is 79.2 Å². The Labute approximate surface area is 330 Å². The molecule has 2 unspecified atom stereocenters. The Kier molecular flexibility index (Phi) is 10.9. The van der Waals surface area contributed by atoms with E-state index in [0.29, 0.717) is 69.6 Å². The average molecular weight is 946 g/mol. The molecule has 6 rings (SSSR count). The second kappa shape index (κ2) is 14.2. The Bertz CT molecular complexity index is 2300. The average Bonchev–Trinajstić information content (AvgIpc) is 3.67. The summed E-state index contributed by atoms with van der Waals surface area (Å²) in [5, 5.41) is 0. The predicted molar refractivity (Wildman–Crippen MR) is 201 cm³/mol. The third-order valence-corrected chi connectivity index (χ3v) is 63.5. The molecular weight excluding hydrogens is 911 g/mol. The van der Waals surface area contributed by atoms with Gasteiger partial charge in [0.2, 0.25) is 0 Å². The van der Waals surface area contributed by atoms with E-state index in [4.69, 9.17) is 17.0 Å². The summed E-state index contributed by atoms with van der Waals surface area (Å²) >= 11 is -5.70. The molecule has 0 aromatic heterocycles. The van der Waals surface area contributed by atoms with Gasteiger partial charge in [-0.1, -0.05) is 0 Å². The van der Waals surface area contributed by atoms with E-state index in [1.165, 1.54) is 12.1 Å². The van der Waals surface area contributed by atoms with E-state index < -0.39 is 75.7 Å². The summed E-state index contributed by atoms with van der Waals surface area (Å²) in [6.45, 7) is 11.1. The molecule has 0 N–H and O–H groups in total. The molecule has 0 saturated carbocycles. The van der Waals surface area contributed by atoms with Gasteiger partial charge in [-0.15, -0.1) is 0 Å². The van der Waals surface area contributed by atoms with E-state index in [9.17, 15) is 52.7 Å². The van der Waals surface area contributed by atoms with Crippen molar-refractivity contribution in [2.24, 2.45) is 0 Å². The van der Waals surface area contributed by atoms with Gasteiger partial charge in [0.05, 0.1) is 0 Å². The number of halogens is 14. The van der Waals surface area contributed by atoms with Crippen LogP contribution in [0.3, 0.4) is 0 Å². The summed E-state index contributed by atoms with van der Waals surface area (Å²) in [6.07, 6.45) is -16.5. The maximum atomic E-state index is 14.0. The van der Waals surface area contributed by atoms with Gasteiger partial charge in [0, 0.05) is 0 Å². The van der Waals surface area contributed by atoms with Crippen molar-refractivity contribution in [3.63, 3.8) is 0 Å². The first-order chi connectivity index (χ1) is 26.0. The number of rotatable bonds is 6. The monoisotopic (exact) mass is 943 g/mol. The Morgan fingerprint density at radius 2 is 0.895 bits per heavy atom. The number of fused-ring (bicyclic) bond motifs is 2. The topological polar surface area (TPSA) is 0 Å². The van der Waals surface area contributed by atoms with Crippen LogP contribution in [0.2, 0.25) is 13.1 Å². The number of hydrogen-bond acceptors (Lipinski definition) is 0. The predicted octanol–water partition coefficient (Wildman–Crippen LogP) is 15.7. The van der Waals surface area contributed by atoms with Gasteiger partial charge in [0.15, 0.2) is 0 Å². The van der Waals surface area contributed by atoms with E-state index in [0.717, 1.165) is 5.57 Å². The minimum absolute atomic E-state index is 0.0657. The Hall–Kier alpha value is -2.80. The van der Waals surface area contributed by atoms with Crippen molar-refractivity contribution < 1.29 is 68.2 Å². The Morgan fingerprint density at radius 3 is 1.23 bits per heavy atom. The molecule has 16 heteroatoms. The van der Waals surface area contributed by atoms with E-state index in [2.05, 4.69) is 0 Å². The number of alkyl halides is 12. The standard InChI is InChI=1S/C20H15F6.C19H13F6.C2H7Si.2ClH.Zr/c1-3-12-6-17-11(2)4-5-16(18(17)7-12)13-8-14(19(21,22)23)10-15(9-13)20(24,25)26;1-10-5-16-11(2)3-4-15(17(16)6-10)12-7-13(18(20,21)22)9-14(8-12)19(23,24)25;1-3-2;;;/h4-10H,3H2,1-2H3;3-9H,1-2H3;3H,1-2H3;2*1H;/q;;;;;+2/p-2. The van der Waals surface area contributed by atoms with Crippen LogP contribution in [0.25, 0.3) is 34.4 Å². The van der Waals surface area contributed by atoms with Crippen molar-refractivity contribution in [1.82, 2.24) is 0 Å². The fourth-order valence-electron chi connectivity index (χ4n) is 8.77. The zero-order valence-electron chi connectivity index (χ0n) is 31.2. The summed E-state index contributed by atoms with van der Waals surface area (Å²) in [5.74, 6) is -2.31. The fourth-order valence-corrected chi connectivity index (χ4v) is 41.2. The Balaban J connectivity index is 1.62. The first-order valence-electron chi connectivity index (χ1n) is 17.8. The molecule has 4 aromatic rings. The molecule has 0 nitrogen and oxygen atoms in total. The third kappa shape index (κ3) is 7.41. The SMILES string of the molecule is CCC1=Cc2c(-c3cc(C(F)(F)F)cc(C(F)(F)F)c3)ccc(C)c2[CH]1[Zr]([Cl])([Cl])([CH]1C(C)=Cc2c(-c3cc(C(F)(F)F)cc(C(F)(F)F)c3)ccc(C)c21)[SiH](C)C. The first kappa shape index (κ1) is 43.8. The van der Waals surface area contributed by atoms with Gasteiger partial charge in [-0.3, -0.25) is 0 Å². The quantitative estimate of drug-likeness (QED) is 0.133. The molecular formula is C41H35Cl2F12SiZr. The fraction of sp³-hybridized carbons (Fsp3) is 0.317. The number of aryl methyl sites for hydroxylation is 2. The molecule has 0 bridgehead atoms. The van der Waals surface area contributed by atoms with Gasteiger partial charge in [-0.2, -0.15) is 0 Å². The molecule has 0 radical (unpaired) electrons. The molecule has 57 heavy (non-hydrogen) atoms. The van der Waals surface area contributed by atoms with Crippen LogP contribution in [-0.2, 0) is 40.3 Å². The van der Waals surface area contributed by atoms with Crippen LogP contribution >= 0.6 is 17.0 Å². The normalized spacial score (nSPS) is 18.3. The van der Waals surface area contributed by atoms with Crippen LogP contribution in [0.5, 0.6) is 0 Å². The van der Waals surface area contributed by atoms with Gasteiger partial charge in [0.1, 0.15) is 0 Å². The van der Waals surface area contributed by atoms with Crippen LogP contribution in [-0.4, -0.2) is 5.92 Å². The molecule has 0 amide bonds. The summed E-state index contributed by atoms with van der Waals surface area (Å²) in [5.41, 5.74) is -1.58. The van der Waals surface area contributed by atoms with E-state index in [-0.39, 0.29) is 34.4 Å². The molecule has 0 fully saturated rings. The van der Waals surface area contributed by atoms with Crippen molar-refractivity contribution in [2.75, 3.05) is 0 Å². The van der Waals surface area contributed by atoms with Crippen molar-refractivity contribution >= 4 is 35.1 Å². The zero-order chi connectivity index (χ0) is 42.6. The van der Waals surface area contributed by atoms with Crippen molar-refractivity contribution in [1.29, 1.82) is 0 Å². The van der Waals surface area contributed by atoms with Gasteiger partial charge in [0.25, 0.3) is 0 Å². The van der Waals surface area contributed by atoms with Gasteiger partial charge >= 0.3 is 332 Å². The molecule has 0 saturated heterocycles. The number of hydrogen-bond donors (Lipinski definition) is 0. The van der Waals surface area contributed by atoms with E-state index >= 15 is 0 Å². The third-order valence-electron chi connectivity index (χ3n) is 11.5. The minimum atomic E-state index is -5.70. The van der Waals surface area contributed by atoms with Crippen LogP contribution < -0.4 is 0 Å². The van der Waals surface area contributed by atoms with Gasteiger partial charge < -0.3 is 0 Å². The van der Waals surface area contributed by atoms with Gasteiger partial charge in [-0.25, -0.2) is 0 Å². The molecule has 0 heterocycles. The second-order valence-electron chi connectivity index (χ2n) is 15.3. The first-order valence-corrected chi connectivity index (χ1v) is 34.1. The summed E-state index contributed by atoms with van der Waals surface area (Å²) in [4.78, 5) is 0. The molecule has 2 atom stereocenters. The molecule has 0 spiro atoms. The number of allylic oxidation sites excluding steroid dienone is 2. The molecule has 2 aliphatic rings. The summed E-state index contributed by atoms with van der Waals surface area (Å²) < 4.78 is 167. The molecule has 4 aromatic carbocycles. The molecule has 0 aliphatic heterocycles. The Morgan fingerprint density at radius 1 is 0.544 bits per heavy atom. The van der Waals surface area contributed by atoms with Crippen LogP contribution in [0.4, 0.5) is 52.7 Å². The zero-order valence-corrected chi connectivity index (χ0v) is 36.3. The second-order valence-corrected chi connectivity index (χ2v) is 57.8. The summed E-state index contributed by atoms with van der Waals surface area (Å²) in [6, 6.07) is 9.03. The van der Waals surface area contributed by atoms with Crippen molar-refractivity contribution in [3.8, 4) is 22.3 Å².